The molecular formula is C28H29FN2O2. The molecule has 0 saturated carbocycles. The van der Waals surface area contributed by atoms with Crippen LogP contribution in [-0.2, 0) is 15.0 Å². The van der Waals surface area contributed by atoms with Gasteiger partial charge in [-0.2, -0.15) is 0 Å². The Kier molecular flexibility index (Phi) is 6.59. The number of primary amides is 1. The maximum absolute atomic E-state index is 13.3. The summed E-state index contributed by atoms with van der Waals surface area (Å²) in [4.78, 5) is 26.8. The van der Waals surface area contributed by atoms with Crippen molar-refractivity contribution in [1.29, 1.82) is 0 Å². The molecule has 33 heavy (non-hydrogen) atoms. The number of hydrogen-bond donors (Lipinski definition) is 1. The number of halogens is 1. The summed E-state index contributed by atoms with van der Waals surface area (Å²) in [6.07, 6.45) is 1.99. The third-order valence-electron chi connectivity index (χ3n) is 6.92. The second kappa shape index (κ2) is 9.57. The minimum Gasteiger partial charge on any atom is -0.370 e. The van der Waals surface area contributed by atoms with Gasteiger partial charge >= 0.3 is 0 Å². The first kappa shape index (κ1) is 22.7. The van der Waals surface area contributed by atoms with E-state index in [0.717, 1.165) is 28.7 Å². The van der Waals surface area contributed by atoms with E-state index in [9.17, 15) is 14.0 Å². The quantitative estimate of drug-likeness (QED) is 0.532. The van der Waals surface area contributed by atoms with E-state index < -0.39 is 0 Å². The summed E-state index contributed by atoms with van der Waals surface area (Å²) in [6.45, 7) is 2.66. The van der Waals surface area contributed by atoms with Crippen LogP contribution in [0.4, 0.5) is 4.39 Å². The molecule has 1 saturated heterocycles. The second-order valence-corrected chi connectivity index (χ2v) is 8.93. The normalized spacial score (nSPS) is 19.3. The lowest BCUT2D eigenvalue weighted by molar-refractivity contribution is -0.139. The van der Waals surface area contributed by atoms with Gasteiger partial charge in [-0.05, 0) is 54.2 Å². The third-order valence-corrected chi connectivity index (χ3v) is 6.92. The summed E-state index contributed by atoms with van der Waals surface area (Å²) in [6, 6.07) is 24.4. The van der Waals surface area contributed by atoms with Gasteiger partial charge in [-0.3, -0.25) is 9.59 Å². The van der Waals surface area contributed by atoms with Gasteiger partial charge in [0.25, 0.3) is 0 Å². The minimum atomic E-state index is -0.365. The van der Waals surface area contributed by atoms with Crippen molar-refractivity contribution < 1.29 is 14.0 Å². The highest BCUT2D eigenvalue weighted by Gasteiger charge is 2.41. The third kappa shape index (κ3) is 4.98. The highest BCUT2D eigenvalue weighted by molar-refractivity contribution is 5.80. The molecule has 5 heteroatoms. The van der Waals surface area contributed by atoms with Crippen molar-refractivity contribution in [3.8, 4) is 11.1 Å². The number of piperidine rings is 1. The van der Waals surface area contributed by atoms with E-state index in [4.69, 9.17) is 5.73 Å². The number of amides is 2. The Morgan fingerprint density at radius 1 is 1.00 bits per heavy atom. The maximum Gasteiger partial charge on any atom is 0.223 e. The Balaban J connectivity index is 1.51. The SMILES string of the molecule is C[C@@H](c1ccc(-c2ccc(F)cc2)cc1)N1CCC(CCC(N)=O)(c2ccccc2)CC1=O. The number of likely N-dealkylation sites (tertiary alicyclic amines) is 1. The summed E-state index contributed by atoms with van der Waals surface area (Å²) in [7, 11) is 0. The van der Waals surface area contributed by atoms with Crippen LogP contribution in [0.25, 0.3) is 11.1 Å². The average Bonchev–Trinajstić information content (AvgIpc) is 2.83. The molecule has 3 aromatic rings. The van der Waals surface area contributed by atoms with Crippen LogP contribution in [0.3, 0.4) is 0 Å². The van der Waals surface area contributed by atoms with E-state index in [2.05, 4.69) is 0 Å². The van der Waals surface area contributed by atoms with E-state index >= 15 is 0 Å². The van der Waals surface area contributed by atoms with Crippen molar-refractivity contribution in [2.75, 3.05) is 6.54 Å². The average molecular weight is 445 g/mol. The fraction of sp³-hybridized carbons (Fsp3) is 0.286. The molecule has 4 nitrogen and oxygen atoms in total. The van der Waals surface area contributed by atoms with Crippen LogP contribution in [0.1, 0.15) is 49.8 Å². The zero-order valence-electron chi connectivity index (χ0n) is 18.8. The highest BCUT2D eigenvalue weighted by Crippen LogP contribution is 2.42. The molecule has 1 aliphatic rings. The Morgan fingerprint density at radius 3 is 2.18 bits per heavy atom. The molecule has 1 aliphatic heterocycles. The lowest BCUT2D eigenvalue weighted by Gasteiger charge is -2.44. The largest absolute Gasteiger partial charge is 0.370 e. The van der Waals surface area contributed by atoms with Gasteiger partial charge < -0.3 is 10.6 Å². The molecular weight excluding hydrogens is 415 g/mol. The van der Waals surface area contributed by atoms with E-state index in [0.29, 0.717) is 19.4 Å². The van der Waals surface area contributed by atoms with Gasteiger partial charge in [0, 0.05) is 24.8 Å². The number of carbonyl (C=O) groups excluding carboxylic acids is 2. The topological polar surface area (TPSA) is 63.4 Å². The lowest BCUT2D eigenvalue weighted by Crippen LogP contribution is -2.47. The zero-order valence-corrected chi connectivity index (χ0v) is 18.8. The van der Waals surface area contributed by atoms with Crippen LogP contribution in [0.5, 0.6) is 0 Å². The molecule has 0 bridgehead atoms. The minimum absolute atomic E-state index is 0.0651. The molecule has 0 spiro atoms. The van der Waals surface area contributed by atoms with Gasteiger partial charge in [0.15, 0.2) is 0 Å². The number of hydrogen-bond acceptors (Lipinski definition) is 2. The van der Waals surface area contributed by atoms with Gasteiger partial charge in [0.05, 0.1) is 6.04 Å². The number of rotatable bonds is 7. The molecule has 1 unspecified atom stereocenters. The number of nitrogens with two attached hydrogens (primary N) is 1. The number of carbonyl (C=O) groups is 2. The first-order valence-corrected chi connectivity index (χ1v) is 11.4. The molecule has 0 aromatic heterocycles. The second-order valence-electron chi connectivity index (χ2n) is 8.93. The van der Waals surface area contributed by atoms with E-state index in [-0.39, 0.29) is 35.5 Å². The summed E-state index contributed by atoms with van der Waals surface area (Å²) in [5, 5.41) is 0. The Morgan fingerprint density at radius 2 is 1.61 bits per heavy atom. The molecule has 2 N–H and O–H groups in total. The number of nitrogens with zero attached hydrogens (tertiary/aromatic N) is 1. The molecule has 170 valence electrons. The fourth-order valence-corrected chi connectivity index (χ4v) is 4.88. The van der Waals surface area contributed by atoms with E-state index in [1.165, 1.54) is 12.1 Å². The van der Waals surface area contributed by atoms with E-state index in [1.807, 2.05) is 66.4 Å². The first-order chi connectivity index (χ1) is 15.9. The molecule has 2 amide bonds. The lowest BCUT2D eigenvalue weighted by atomic mass is 9.69. The van der Waals surface area contributed by atoms with Crippen molar-refractivity contribution in [2.45, 2.75) is 44.1 Å². The van der Waals surface area contributed by atoms with Crippen LogP contribution >= 0.6 is 0 Å². The van der Waals surface area contributed by atoms with Crippen molar-refractivity contribution >= 4 is 11.8 Å². The van der Waals surface area contributed by atoms with Crippen LogP contribution in [0, 0.1) is 5.82 Å². The monoisotopic (exact) mass is 444 g/mol. The predicted molar refractivity (Wildman–Crippen MR) is 128 cm³/mol. The molecule has 1 heterocycles. The molecule has 3 aromatic carbocycles. The van der Waals surface area contributed by atoms with Crippen molar-refractivity contribution in [1.82, 2.24) is 4.90 Å². The highest BCUT2D eigenvalue weighted by atomic mass is 19.1. The van der Waals surface area contributed by atoms with Crippen LogP contribution < -0.4 is 5.73 Å². The molecule has 0 radical (unpaired) electrons. The molecule has 1 fully saturated rings. The number of benzene rings is 3. The smallest absolute Gasteiger partial charge is 0.223 e. The Hall–Kier alpha value is -3.47. The summed E-state index contributed by atoms with van der Waals surface area (Å²) < 4.78 is 13.2. The first-order valence-electron chi connectivity index (χ1n) is 11.4. The Bertz CT molecular complexity index is 1110. The van der Waals surface area contributed by atoms with Crippen molar-refractivity contribution in [2.24, 2.45) is 5.73 Å². The summed E-state index contributed by atoms with van der Waals surface area (Å²) >= 11 is 0. The standard InChI is InChI=1S/C28H29FN2O2/c1-20(21-7-9-22(10-8-21)23-11-13-25(29)14-12-23)31-18-17-28(19-27(31)33,16-15-26(30)32)24-5-3-2-4-6-24/h2-14,20H,15-19H2,1H3,(H2,30,32)/t20-,28?/m0/s1. The van der Waals surface area contributed by atoms with Crippen LogP contribution in [0.2, 0.25) is 0 Å². The molecule has 0 aliphatic carbocycles. The Labute approximate surface area is 194 Å². The van der Waals surface area contributed by atoms with Crippen molar-refractivity contribution in [3.63, 3.8) is 0 Å². The van der Waals surface area contributed by atoms with Gasteiger partial charge in [-0.25, -0.2) is 4.39 Å². The van der Waals surface area contributed by atoms with Gasteiger partial charge in [0.1, 0.15) is 5.82 Å². The van der Waals surface area contributed by atoms with Gasteiger partial charge in [-0.1, -0.05) is 66.7 Å². The van der Waals surface area contributed by atoms with E-state index in [1.54, 1.807) is 12.1 Å². The summed E-state index contributed by atoms with van der Waals surface area (Å²) in [5.41, 5.74) is 9.18. The molecule has 2 atom stereocenters. The van der Waals surface area contributed by atoms with Crippen LogP contribution in [0.15, 0.2) is 78.9 Å². The van der Waals surface area contributed by atoms with Gasteiger partial charge in [-0.15, -0.1) is 0 Å². The fourth-order valence-electron chi connectivity index (χ4n) is 4.88. The van der Waals surface area contributed by atoms with Crippen LogP contribution in [-0.4, -0.2) is 23.3 Å². The zero-order chi connectivity index (χ0) is 23.4. The van der Waals surface area contributed by atoms with Gasteiger partial charge in [0.2, 0.25) is 11.8 Å². The van der Waals surface area contributed by atoms with Crippen molar-refractivity contribution in [3.05, 3.63) is 95.8 Å². The summed E-state index contributed by atoms with van der Waals surface area (Å²) in [5.74, 6) is -0.505. The molecule has 4 rings (SSSR count). The maximum atomic E-state index is 13.3. The predicted octanol–water partition coefficient (Wildman–Crippen LogP) is 5.38.